The van der Waals surface area contributed by atoms with Gasteiger partial charge in [0.25, 0.3) is 0 Å². The molecular weight excluding hydrogens is 278 g/mol. The molecule has 0 aliphatic carbocycles. The smallest absolute Gasteiger partial charge is 0.227 e. The van der Waals surface area contributed by atoms with Gasteiger partial charge >= 0.3 is 0 Å². The van der Waals surface area contributed by atoms with Crippen LogP contribution in [-0.4, -0.2) is 42.4 Å². The third-order valence-electron chi connectivity index (χ3n) is 4.65. The molecule has 5 heteroatoms. The Hall–Kier alpha value is -1.88. The highest BCUT2D eigenvalue weighted by molar-refractivity contribution is 5.95. The number of anilines is 1. The van der Waals surface area contributed by atoms with Crippen LogP contribution in [0.15, 0.2) is 24.3 Å². The summed E-state index contributed by atoms with van der Waals surface area (Å²) in [7, 11) is 0. The Balaban J connectivity index is 1.63. The van der Waals surface area contributed by atoms with Crippen molar-refractivity contribution in [3.8, 4) is 0 Å². The fourth-order valence-corrected chi connectivity index (χ4v) is 3.40. The van der Waals surface area contributed by atoms with Gasteiger partial charge in [0.15, 0.2) is 0 Å². The van der Waals surface area contributed by atoms with Crippen LogP contribution in [0.25, 0.3) is 0 Å². The van der Waals surface area contributed by atoms with Crippen molar-refractivity contribution in [2.75, 3.05) is 24.5 Å². The lowest BCUT2D eigenvalue weighted by atomic mass is 10.1. The van der Waals surface area contributed by atoms with Crippen molar-refractivity contribution >= 4 is 17.5 Å². The molecule has 2 heterocycles. The number of nitrogens with two attached hydrogens (primary N) is 1. The molecule has 2 fully saturated rings. The number of likely N-dealkylation sites (tertiary alicyclic amines) is 1. The molecular formula is C17H23N3O2. The predicted octanol–water partition coefficient (Wildman–Crippen LogP) is 1.31. The van der Waals surface area contributed by atoms with E-state index in [1.165, 1.54) is 0 Å². The summed E-state index contributed by atoms with van der Waals surface area (Å²) >= 11 is 0. The molecule has 2 amide bonds. The molecule has 0 spiro atoms. The third-order valence-corrected chi connectivity index (χ3v) is 4.65. The van der Waals surface area contributed by atoms with Gasteiger partial charge in [0.2, 0.25) is 11.8 Å². The molecule has 22 heavy (non-hydrogen) atoms. The van der Waals surface area contributed by atoms with Gasteiger partial charge in [-0.05, 0) is 37.0 Å². The van der Waals surface area contributed by atoms with Gasteiger partial charge in [-0.15, -0.1) is 0 Å². The van der Waals surface area contributed by atoms with Crippen LogP contribution in [0.1, 0.15) is 31.2 Å². The standard InChI is InChI=1S/C17H23N3O2/c18-12-15-3-1-9-20(15)17(22)11-13-5-7-14(8-6-13)19-10-2-4-16(19)21/h5-8,15H,1-4,9-12,18H2/t15-/m1/s1. The molecule has 2 aliphatic heterocycles. The van der Waals surface area contributed by atoms with Crippen LogP contribution < -0.4 is 10.6 Å². The van der Waals surface area contributed by atoms with Crippen LogP contribution in [0.5, 0.6) is 0 Å². The van der Waals surface area contributed by atoms with Crippen LogP contribution in [0.3, 0.4) is 0 Å². The van der Waals surface area contributed by atoms with E-state index < -0.39 is 0 Å². The molecule has 1 atom stereocenters. The predicted molar refractivity (Wildman–Crippen MR) is 85.5 cm³/mol. The van der Waals surface area contributed by atoms with Crippen molar-refractivity contribution < 1.29 is 9.59 Å². The number of rotatable bonds is 4. The van der Waals surface area contributed by atoms with Gasteiger partial charge in [-0.3, -0.25) is 9.59 Å². The zero-order valence-corrected chi connectivity index (χ0v) is 12.8. The molecule has 2 N–H and O–H groups in total. The molecule has 1 aromatic carbocycles. The Labute approximate surface area is 131 Å². The number of amides is 2. The highest BCUT2D eigenvalue weighted by Crippen LogP contribution is 2.22. The molecule has 1 aromatic rings. The van der Waals surface area contributed by atoms with Gasteiger partial charge in [0.1, 0.15) is 0 Å². The van der Waals surface area contributed by atoms with E-state index in [-0.39, 0.29) is 17.9 Å². The largest absolute Gasteiger partial charge is 0.338 e. The Kier molecular flexibility index (Phi) is 4.43. The van der Waals surface area contributed by atoms with E-state index in [0.717, 1.165) is 43.6 Å². The lowest BCUT2D eigenvalue weighted by Crippen LogP contribution is -2.40. The first-order chi connectivity index (χ1) is 10.7. The molecule has 0 radical (unpaired) electrons. The van der Waals surface area contributed by atoms with E-state index in [0.29, 0.717) is 19.4 Å². The van der Waals surface area contributed by atoms with Crippen molar-refractivity contribution in [2.45, 2.75) is 38.1 Å². The van der Waals surface area contributed by atoms with Crippen LogP contribution in [-0.2, 0) is 16.0 Å². The van der Waals surface area contributed by atoms with Gasteiger partial charge < -0.3 is 15.5 Å². The summed E-state index contributed by atoms with van der Waals surface area (Å²) in [6, 6.07) is 7.99. The van der Waals surface area contributed by atoms with Crippen molar-refractivity contribution in [1.29, 1.82) is 0 Å². The van der Waals surface area contributed by atoms with Crippen LogP contribution in [0, 0.1) is 0 Å². The van der Waals surface area contributed by atoms with Gasteiger partial charge in [-0.25, -0.2) is 0 Å². The minimum absolute atomic E-state index is 0.151. The van der Waals surface area contributed by atoms with Crippen molar-refractivity contribution in [3.63, 3.8) is 0 Å². The zero-order valence-electron chi connectivity index (χ0n) is 12.8. The van der Waals surface area contributed by atoms with Crippen LogP contribution in [0.4, 0.5) is 5.69 Å². The minimum atomic E-state index is 0.151. The first-order valence-electron chi connectivity index (χ1n) is 8.08. The molecule has 0 unspecified atom stereocenters. The molecule has 118 valence electrons. The van der Waals surface area contributed by atoms with Crippen molar-refractivity contribution in [2.24, 2.45) is 5.73 Å². The summed E-state index contributed by atoms with van der Waals surface area (Å²) < 4.78 is 0. The Morgan fingerprint density at radius 3 is 2.59 bits per heavy atom. The first kappa shape index (κ1) is 15.0. The van der Waals surface area contributed by atoms with Gasteiger partial charge in [0, 0.05) is 37.8 Å². The Morgan fingerprint density at radius 2 is 1.95 bits per heavy atom. The summed E-state index contributed by atoms with van der Waals surface area (Å²) in [6.07, 6.45) is 4.02. The Morgan fingerprint density at radius 1 is 1.18 bits per heavy atom. The molecule has 2 saturated heterocycles. The summed E-state index contributed by atoms with van der Waals surface area (Å²) in [5.41, 5.74) is 7.65. The third kappa shape index (κ3) is 2.99. The van der Waals surface area contributed by atoms with E-state index in [4.69, 9.17) is 5.73 Å². The van der Waals surface area contributed by atoms with Crippen molar-refractivity contribution in [1.82, 2.24) is 4.90 Å². The van der Waals surface area contributed by atoms with Gasteiger partial charge in [0.05, 0.1) is 6.42 Å². The summed E-state index contributed by atoms with van der Waals surface area (Å²) in [5.74, 6) is 0.338. The fourth-order valence-electron chi connectivity index (χ4n) is 3.40. The topological polar surface area (TPSA) is 66.6 Å². The fraction of sp³-hybridized carbons (Fsp3) is 0.529. The highest BCUT2D eigenvalue weighted by atomic mass is 16.2. The average molecular weight is 301 g/mol. The quantitative estimate of drug-likeness (QED) is 0.911. The number of carbonyl (C=O) groups excluding carboxylic acids is 2. The second-order valence-corrected chi connectivity index (χ2v) is 6.11. The lowest BCUT2D eigenvalue weighted by molar-refractivity contribution is -0.131. The van der Waals surface area contributed by atoms with E-state index in [2.05, 4.69) is 0 Å². The number of carbonyl (C=O) groups is 2. The summed E-state index contributed by atoms with van der Waals surface area (Å²) in [5, 5.41) is 0. The first-order valence-corrected chi connectivity index (χ1v) is 8.08. The van der Waals surface area contributed by atoms with Crippen molar-refractivity contribution in [3.05, 3.63) is 29.8 Å². The average Bonchev–Trinajstić information content (AvgIpc) is 3.16. The normalized spacial score (nSPS) is 21.7. The number of hydrogen-bond donors (Lipinski definition) is 1. The second-order valence-electron chi connectivity index (χ2n) is 6.11. The molecule has 0 saturated carbocycles. The molecule has 2 aliphatic rings. The minimum Gasteiger partial charge on any atom is -0.338 e. The number of benzene rings is 1. The maximum Gasteiger partial charge on any atom is 0.227 e. The number of nitrogens with zero attached hydrogens (tertiary/aromatic N) is 2. The number of hydrogen-bond acceptors (Lipinski definition) is 3. The Bertz CT molecular complexity index is 556. The summed E-state index contributed by atoms with van der Waals surface area (Å²) in [6.45, 7) is 2.16. The molecule has 5 nitrogen and oxygen atoms in total. The molecule has 0 aromatic heterocycles. The van der Waals surface area contributed by atoms with E-state index in [1.54, 1.807) is 0 Å². The van der Waals surface area contributed by atoms with Crippen LogP contribution in [0.2, 0.25) is 0 Å². The monoisotopic (exact) mass is 301 g/mol. The molecule has 0 bridgehead atoms. The maximum atomic E-state index is 12.4. The second kappa shape index (κ2) is 6.48. The van der Waals surface area contributed by atoms with E-state index in [9.17, 15) is 9.59 Å². The zero-order chi connectivity index (χ0) is 15.5. The highest BCUT2D eigenvalue weighted by Gasteiger charge is 2.27. The maximum absolute atomic E-state index is 12.4. The van der Waals surface area contributed by atoms with Gasteiger partial charge in [-0.2, -0.15) is 0 Å². The SMILES string of the molecule is NC[C@H]1CCCN1C(=O)Cc1ccc(N2CCCC2=O)cc1. The van der Waals surface area contributed by atoms with E-state index in [1.807, 2.05) is 34.1 Å². The molecule has 3 rings (SSSR count). The van der Waals surface area contributed by atoms with Gasteiger partial charge in [-0.1, -0.05) is 12.1 Å². The van der Waals surface area contributed by atoms with E-state index >= 15 is 0 Å². The lowest BCUT2D eigenvalue weighted by Gasteiger charge is -2.23. The summed E-state index contributed by atoms with van der Waals surface area (Å²) in [4.78, 5) is 27.8. The van der Waals surface area contributed by atoms with Crippen LogP contribution >= 0.6 is 0 Å².